The molecule has 5 rings (SSSR count). The topological polar surface area (TPSA) is 130 Å². The van der Waals surface area contributed by atoms with Crippen molar-refractivity contribution in [3.8, 4) is 17.2 Å². The highest BCUT2D eigenvalue weighted by molar-refractivity contribution is 5.71. The van der Waals surface area contributed by atoms with Crippen molar-refractivity contribution in [2.24, 2.45) is 0 Å². The molecule has 196 valence electrons. The van der Waals surface area contributed by atoms with Crippen molar-refractivity contribution in [3.63, 3.8) is 0 Å². The second kappa shape index (κ2) is 11.4. The minimum absolute atomic E-state index is 0.0263. The molecule has 1 fully saturated rings. The van der Waals surface area contributed by atoms with Gasteiger partial charge in [0.2, 0.25) is 0 Å². The van der Waals surface area contributed by atoms with Crippen molar-refractivity contribution >= 4 is 17.3 Å². The summed E-state index contributed by atoms with van der Waals surface area (Å²) in [6, 6.07) is 3.55. The maximum atomic E-state index is 12.5. The number of aromatic nitrogens is 4. The first-order chi connectivity index (χ1) is 18.1. The molecule has 3 aromatic heterocycles. The number of hydrogen-bond donors (Lipinski definition) is 1. The van der Waals surface area contributed by atoms with Crippen LogP contribution >= 0.6 is 0 Å². The third-order valence-electron chi connectivity index (χ3n) is 6.50. The Hall–Kier alpha value is -3.93. The lowest BCUT2D eigenvalue weighted by Gasteiger charge is -2.32. The number of rotatable bonds is 7. The van der Waals surface area contributed by atoms with Gasteiger partial charge in [0.1, 0.15) is 12.4 Å². The summed E-state index contributed by atoms with van der Waals surface area (Å²) < 4.78 is 23.5. The average Bonchev–Trinajstić information content (AvgIpc) is 3.17. The molecule has 12 nitrogen and oxygen atoms in total. The van der Waals surface area contributed by atoms with E-state index in [1.165, 1.54) is 6.20 Å². The highest BCUT2D eigenvalue weighted by atomic mass is 16.5. The molecule has 0 radical (unpaired) electrons. The number of amides is 1. The number of hydrogen-bond acceptors (Lipinski definition) is 10. The number of pyridine rings is 2. The van der Waals surface area contributed by atoms with E-state index in [-0.39, 0.29) is 18.2 Å². The normalized spacial score (nSPS) is 16.2. The number of likely N-dealkylation sites (tertiary alicyclic amines) is 1. The van der Waals surface area contributed by atoms with Gasteiger partial charge in [0.25, 0.3) is 5.56 Å². The van der Waals surface area contributed by atoms with Crippen LogP contribution in [0.25, 0.3) is 11.2 Å². The second-order valence-electron chi connectivity index (χ2n) is 8.98. The molecule has 2 aliphatic rings. The summed E-state index contributed by atoms with van der Waals surface area (Å²) in [6.45, 7) is 4.03. The lowest BCUT2D eigenvalue weighted by atomic mass is 10.1. The van der Waals surface area contributed by atoms with Crippen LogP contribution in [0.1, 0.15) is 25.0 Å². The lowest BCUT2D eigenvalue weighted by molar-refractivity contribution is 0.124. The molecule has 37 heavy (non-hydrogen) atoms. The van der Waals surface area contributed by atoms with Crippen molar-refractivity contribution in [3.05, 3.63) is 46.8 Å². The van der Waals surface area contributed by atoms with E-state index in [2.05, 4.69) is 25.2 Å². The van der Waals surface area contributed by atoms with Crippen LogP contribution in [-0.4, -0.2) is 76.5 Å². The van der Waals surface area contributed by atoms with Crippen molar-refractivity contribution in [2.45, 2.75) is 38.5 Å². The summed E-state index contributed by atoms with van der Waals surface area (Å²) in [6.07, 6.45) is 6.41. The molecule has 0 bridgehead atoms. The van der Waals surface area contributed by atoms with Crippen LogP contribution in [0, 0.1) is 0 Å². The molecule has 0 spiro atoms. The third kappa shape index (κ3) is 6.08. The molecular weight excluding hydrogens is 480 g/mol. The molecular formula is C25H30N6O6. The fraction of sp³-hybridized carbons (Fsp3) is 0.480. The highest BCUT2D eigenvalue weighted by Crippen LogP contribution is 2.29. The molecule has 3 aromatic rings. The molecule has 0 aliphatic carbocycles. The fourth-order valence-electron chi connectivity index (χ4n) is 4.45. The Labute approximate surface area is 213 Å². The molecule has 0 unspecified atom stereocenters. The monoisotopic (exact) mass is 510 g/mol. The maximum absolute atomic E-state index is 12.5. The summed E-state index contributed by atoms with van der Waals surface area (Å²) in [5.41, 5.74) is 1.57. The van der Waals surface area contributed by atoms with Crippen molar-refractivity contribution < 1.29 is 23.7 Å². The van der Waals surface area contributed by atoms with E-state index in [9.17, 15) is 9.59 Å². The van der Waals surface area contributed by atoms with Crippen LogP contribution in [0.3, 0.4) is 0 Å². The van der Waals surface area contributed by atoms with Crippen molar-refractivity contribution in [1.82, 2.24) is 29.7 Å². The Morgan fingerprint density at radius 3 is 2.65 bits per heavy atom. The summed E-state index contributed by atoms with van der Waals surface area (Å²) in [4.78, 5) is 39.8. The number of ether oxygens (including phenoxy) is 4. The van der Waals surface area contributed by atoms with Gasteiger partial charge in [-0.15, -0.1) is 0 Å². The van der Waals surface area contributed by atoms with Crippen molar-refractivity contribution in [1.29, 1.82) is 0 Å². The number of fused-ring (bicyclic) bond motifs is 2. The first-order valence-electron chi connectivity index (χ1n) is 12.4. The predicted octanol–water partition coefficient (Wildman–Crippen LogP) is 1.75. The predicted molar refractivity (Wildman–Crippen MR) is 133 cm³/mol. The molecule has 2 aliphatic heterocycles. The smallest absolute Gasteiger partial charge is 0.407 e. The van der Waals surface area contributed by atoms with E-state index >= 15 is 0 Å². The van der Waals surface area contributed by atoms with Crippen LogP contribution in [-0.2, 0) is 17.9 Å². The minimum Gasteiger partial charge on any atom is -0.495 e. The largest absolute Gasteiger partial charge is 0.495 e. The molecule has 1 saturated heterocycles. The van der Waals surface area contributed by atoms with Gasteiger partial charge < -0.3 is 33.7 Å². The summed E-state index contributed by atoms with van der Waals surface area (Å²) >= 11 is 0. The van der Waals surface area contributed by atoms with E-state index < -0.39 is 6.09 Å². The summed E-state index contributed by atoms with van der Waals surface area (Å²) in [5.74, 6) is 1.81. The Morgan fingerprint density at radius 1 is 1.05 bits per heavy atom. The molecule has 0 aromatic carbocycles. The number of carbonyl (C=O) groups is 1. The quantitative estimate of drug-likeness (QED) is 0.502. The van der Waals surface area contributed by atoms with Gasteiger partial charge in [0.05, 0.1) is 50.1 Å². The Kier molecular flexibility index (Phi) is 7.64. The van der Waals surface area contributed by atoms with Crippen LogP contribution in [0.15, 0.2) is 35.5 Å². The Morgan fingerprint density at radius 2 is 1.84 bits per heavy atom. The van der Waals surface area contributed by atoms with Gasteiger partial charge >= 0.3 is 6.09 Å². The van der Waals surface area contributed by atoms with Crippen molar-refractivity contribution in [2.75, 3.05) is 40.0 Å². The number of alkyl carbamates (subject to hydrolysis) is 1. The van der Waals surface area contributed by atoms with Crippen LogP contribution < -0.4 is 25.1 Å². The van der Waals surface area contributed by atoms with Crippen LogP contribution in [0.2, 0.25) is 0 Å². The third-order valence-corrected chi connectivity index (χ3v) is 6.50. The zero-order chi connectivity index (χ0) is 25.6. The van der Waals surface area contributed by atoms with Gasteiger partial charge in [-0.25, -0.2) is 14.8 Å². The Bertz CT molecular complexity index is 1310. The standard InChI is InChI=1S/C25H30N6O6/c1-34-19-12-20-24(27-13-19)28-15-23(32)31(20)8-7-30-5-3-17(4-6-30)29-25(33)37-16-18-11-21-22(14-26-18)36-10-2-9-35-21/h11-15,17H,2-10,16H2,1H3,(H,29,33). The van der Waals surface area contributed by atoms with E-state index in [0.717, 1.165) is 32.4 Å². The van der Waals surface area contributed by atoms with Crippen LogP contribution in [0.5, 0.6) is 17.2 Å². The van der Waals surface area contributed by atoms with Gasteiger partial charge in [0.15, 0.2) is 17.1 Å². The number of methoxy groups -OCH3 is 1. The summed E-state index contributed by atoms with van der Waals surface area (Å²) in [7, 11) is 1.56. The average molecular weight is 511 g/mol. The van der Waals surface area contributed by atoms with E-state index in [1.807, 2.05) is 0 Å². The zero-order valence-electron chi connectivity index (χ0n) is 20.7. The molecule has 1 N–H and O–H groups in total. The molecule has 12 heteroatoms. The fourth-order valence-corrected chi connectivity index (χ4v) is 4.45. The first-order valence-corrected chi connectivity index (χ1v) is 12.4. The first kappa shape index (κ1) is 24.8. The van der Waals surface area contributed by atoms with Gasteiger partial charge in [-0.05, 0) is 12.8 Å². The molecule has 0 saturated carbocycles. The van der Waals surface area contributed by atoms with E-state index in [4.69, 9.17) is 18.9 Å². The number of nitrogens with one attached hydrogen (secondary N) is 1. The summed E-state index contributed by atoms with van der Waals surface area (Å²) in [5, 5.41) is 2.94. The van der Waals surface area contributed by atoms with Gasteiger partial charge in [-0.3, -0.25) is 9.78 Å². The highest BCUT2D eigenvalue weighted by Gasteiger charge is 2.22. The number of nitrogens with zero attached hydrogens (tertiary/aromatic N) is 5. The SMILES string of the molecule is COc1cnc2ncc(=O)n(CCN3CCC(NC(=O)OCc4cc5c(cn4)OCCCO5)CC3)c2c1. The van der Waals surface area contributed by atoms with Gasteiger partial charge in [0, 0.05) is 50.8 Å². The zero-order valence-corrected chi connectivity index (χ0v) is 20.7. The minimum atomic E-state index is -0.469. The lowest BCUT2D eigenvalue weighted by Crippen LogP contribution is -2.45. The maximum Gasteiger partial charge on any atom is 0.407 e. The second-order valence-corrected chi connectivity index (χ2v) is 8.98. The van der Waals surface area contributed by atoms with E-state index in [0.29, 0.717) is 60.4 Å². The molecule has 1 amide bonds. The number of carbonyl (C=O) groups excluding carboxylic acids is 1. The van der Waals surface area contributed by atoms with E-state index in [1.54, 1.807) is 36.2 Å². The Balaban J connectivity index is 1.08. The van der Waals surface area contributed by atoms with Gasteiger partial charge in [-0.2, -0.15) is 0 Å². The van der Waals surface area contributed by atoms with Gasteiger partial charge in [-0.1, -0.05) is 0 Å². The molecule has 5 heterocycles. The molecule has 0 atom stereocenters. The number of piperidine rings is 1. The van der Waals surface area contributed by atoms with Crippen LogP contribution in [0.4, 0.5) is 4.79 Å².